The Bertz CT molecular complexity index is 1420. The van der Waals surface area contributed by atoms with Crippen LogP contribution in [0, 0.1) is 0 Å². The molecule has 5 rings (SSSR count). The summed E-state index contributed by atoms with van der Waals surface area (Å²) >= 11 is 9.57. The van der Waals surface area contributed by atoms with Crippen LogP contribution in [0.15, 0.2) is 94.7 Å². The predicted octanol–water partition coefficient (Wildman–Crippen LogP) is 8.22. The lowest BCUT2D eigenvalue weighted by Gasteiger charge is -2.12. The first-order valence-corrected chi connectivity index (χ1v) is 11.3. The van der Waals surface area contributed by atoms with Gasteiger partial charge in [-0.2, -0.15) is 0 Å². The van der Waals surface area contributed by atoms with Gasteiger partial charge in [0.2, 0.25) is 0 Å². The van der Waals surface area contributed by atoms with Gasteiger partial charge in [-0.3, -0.25) is 0 Å². The van der Waals surface area contributed by atoms with Crippen LogP contribution >= 0.6 is 34.7 Å². The molecule has 0 fully saturated rings. The molecule has 0 spiro atoms. The van der Waals surface area contributed by atoms with E-state index in [1.165, 1.54) is 31.9 Å². The monoisotopic (exact) mass is 446 g/mol. The number of carboxylic acids is 1. The first-order valence-electron chi connectivity index (χ1n) is 9.31. The van der Waals surface area contributed by atoms with Crippen LogP contribution in [0.5, 0.6) is 0 Å². The topological polar surface area (TPSA) is 37.3 Å². The molecule has 1 heterocycles. The van der Waals surface area contributed by atoms with E-state index in [-0.39, 0.29) is 0 Å². The fourth-order valence-electron chi connectivity index (χ4n) is 3.56. The lowest BCUT2D eigenvalue weighted by atomic mass is 10.0. The number of thiophene rings is 1. The summed E-state index contributed by atoms with van der Waals surface area (Å²) in [5, 5.41) is 12.6. The minimum absolute atomic E-state index is 0.294. The molecule has 1 N–H and O–H groups in total. The molecule has 0 unspecified atom stereocenters. The van der Waals surface area contributed by atoms with Crippen molar-refractivity contribution in [3.8, 4) is 11.1 Å². The fraction of sp³-hybridized carbons (Fsp3) is 0. The number of carboxylic acid groups (broad SMARTS) is 1. The Labute approximate surface area is 186 Å². The highest BCUT2D eigenvalue weighted by atomic mass is 35.5. The van der Waals surface area contributed by atoms with E-state index in [1.807, 2.05) is 30.3 Å². The Balaban J connectivity index is 1.66. The summed E-state index contributed by atoms with van der Waals surface area (Å²) in [6, 6.07) is 27.7. The van der Waals surface area contributed by atoms with E-state index < -0.39 is 5.97 Å². The first kappa shape index (κ1) is 19.2. The SMILES string of the molecule is O=C(O)c1ccccc1Sc1ccc(Cl)cc1-c1ccc2sc3ccccc3c2c1. The van der Waals surface area contributed by atoms with Gasteiger partial charge in [-0.05, 0) is 59.7 Å². The quantitative estimate of drug-likeness (QED) is 0.302. The number of rotatable bonds is 4. The third-order valence-corrected chi connectivity index (χ3v) is 7.51. The van der Waals surface area contributed by atoms with Crippen molar-refractivity contribution in [2.24, 2.45) is 0 Å². The van der Waals surface area contributed by atoms with E-state index in [2.05, 4.69) is 42.5 Å². The van der Waals surface area contributed by atoms with Crippen LogP contribution in [0.1, 0.15) is 10.4 Å². The van der Waals surface area contributed by atoms with E-state index in [0.29, 0.717) is 15.5 Å². The minimum Gasteiger partial charge on any atom is -0.478 e. The van der Waals surface area contributed by atoms with Crippen LogP contribution in [0.2, 0.25) is 5.02 Å². The zero-order valence-electron chi connectivity index (χ0n) is 15.6. The van der Waals surface area contributed by atoms with Gasteiger partial charge in [0.25, 0.3) is 0 Å². The average molecular weight is 447 g/mol. The van der Waals surface area contributed by atoms with Crippen molar-refractivity contribution in [2.45, 2.75) is 9.79 Å². The third kappa shape index (κ3) is 3.47. The van der Waals surface area contributed by atoms with Crippen molar-refractivity contribution < 1.29 is 9.90 Å². The zero-order chi connectivity index (χ0) is 20.7. The highest BCUT2D eigenvalue weighted by Crippen LogP contribution is 2.41. The fourth-order valence-corrected chi connectivity index (χ4v) is 5.89. The number of hydrogen-bond donors (Lipinski definition) is 1. The summed E-state index contributed by atoms with van der Waals surface area (Å²) in [5.74, 6) is -0.931. The van der Waals surface area contributed by atoms with E-state index in [0.717, 1.165) is 16.0 Å². The second-order valence-electron chi connectivity index (χ2n) is 6.85. The summed E-state index contributed by atoms with van der Waals surface area (Å²) in [6.45, 7) is 0. The van der Waals surface area contributed by atoms with Crippen LogP contribution in [0.3, 0.4) is 0 Å². The maximum absolute atomic E-state index is 11.6. The van der Waals surface area contributed by atoms with E-state index >= 15 is 0 Å². The van der Waals surface area contributed by atoms with Crippen molar-refractivity contribution in [1.29, 1.82) is 0 Å². The Hall–Kier alpha value is -2.79. The number of aromatic carboxylic acids is 1. The van der Waals surface area contributed by atoms with Gasteiger partial charge in [0.15, 0.2) is 0 Å². The number of benzene rings is 4. The van der Waals surface area contributed by atoms with Gasteiger partial charge in [0, 0.05) is 35.0 Å². The van der Waals surface area contributed by atoms with Crippen molar-refractivity contribution in [3.05, 3.63) is 95.5 Å². The third-order valence-electron chi connectivity index (χ3n) is 4.97. The first-order chi connectivity index (χ1) is 14.6. The lowest BCUT2D eigenvalue weighted by Crippen LogP contribution is -1.98. The molecular formula is C25H15ClO2S2. The van der Waals surface area contributed by atoms with Crippen LogP contribution < -0.4 is 0 Å². The second kappa shape index (κ2) is 7.80. The molecule has 0 saturated carbocycles. The summed E-state index contributed by atoms with van der Waals surface area (Å²) in [6.07, 6.45) is 0. The van der Waals surface area contributed by atoms with Crippen LogP contribution in [0.25, 0.3) is 31.3 Å². The van der Waals surface area contributed by atoms with Gasteiger partial charge in [-0.25, -0.2) is 4.79 Å². The normalized spacial score (nSPS) is 11.2. The van der Waals surface area contributed by atoms with Crippen LogP contribution in [-0.4, -0.2) is 11.1 Å². The molecule has 0 aliphatic heterocycles. The number of carbonyl (C=O) groups is 1. The highest BCUT2D eigenvalue weighted by Gasteiger charge is 2.15. The second-order valence-corrected chi connectivity index (χ2v) is 9.46. The molecule has 0 bridgehead atoms. The van der Waals surface area contributed by atoms with E-state index in [4.69, 9.17) is 11.6 Å². The molecule has 30 heavy (non-hydrogen) atoms. The summed E-state index contributed by atoms with van der Waals surface area (Å²) in [4.78, 5) is 13.3. The van der Waals surface area contributed by atoms with Gasteiger partial charge in [0.1, 0.15) is 0 Å². The molecule has 4 aromatic carbocycles. The van der Waals surface area contributed by atoms with Gasteiger partial charge in [0.05, 0.1) is 5.56 Å². The number of halogens is 1. The number of fused-ring (bicyclic) bond motifs is 3. The summed E-state index contributed by atoms with van der Waals surface area (Å²) < 4.78 is 2.51. The molecular weight excluding hydrogens is 432 g/mol. The van der Waals surface area contributed by atoms with Crippen molar-refractivity contribution in [3.63, 3.8) is 0 Å². The van der Waals surface area contributed by atoms with Crippen molar-refractivity contribution in [1.82, 2.24) is 0 Å². The Morgan fingerprint density at radius 3 is 2.43 bits per heavy atom. The molecule has 1 aromatic heterocycles. The van der Waals surface area contributed by atoms with Crippen LogP contribution in [-0.2, 0) is 0 Å². The Kier molecular flexibility index (Phi) is 4.99. The Morgan fingerprint density at radius 2 is 1.57 bits per heavy atom. The van der Waals surface area contributed by atoms with Gasteiger partial charge >= 0.3 is 5.97 Å². The number of hydrogen-bond acceptors (Lipinski definition) is 3. The maximum atomic E-state index is 11.6. The van der Waals surface area contributed by atoms with Crippen molar-refractivity contribution >= 4 is 60.8 Å². The molecule has 0 aliphatic carbocycles. The van der Waals surface area contributed by atoms with Gasteiger partial charge in [-0.15, -0.1) is 11.3 Å². The standard InChI is InChI=1S/C25H15ClO2S2/c26-16-10-12-23(30-22-8-4-2-6-18(22)25(27)28)19(14-16)15-9-11-24-20(13-15)17-5-1-3-7-21(17)29-24/h1-14H,(H,27,28). The molecule has 5 heteroatoms. The molecule has 146 valence electrons. The lowest BCUT2D eigenvalue weighted by molar-refractivity contribution is 0.0693. The predicted molar refractivity (Wildman–Crippen MR) is 127 cm³/mol. The molecule has 0 radical (unpaired) electrons. The van der Waals surface area contributed by atoms with E-state index in [1.54, 1.807) is 23.5 Å². The molecule has 0 aliphatic rings. The molecule has 0 saturated heterocycles. The molecule has 0 amide bonds. The average Bonchev–Trinajstić information content (AvgIpc) is 3.13. The maximum Gasteiger partial charge on any atom is 0.336 e. The van der Waals surface area contributed by atoms with Gasteiger partial charge < -0.3 is 5.11 Å². The minimum atomic E-state index is -0.931. The molecule has 2 nitrogen and oxygen atoms in total. The zero-order valence-corrected chi connectivity index (χ0v) is 18.0. The summed E-state index contributed by atoms with van der Waals surface area (Å²) in [5.41, 5.74) is 2.34. The van der Waals surface area contributed by atoms with E-state index in [9.17, 15) is 9.90 Å². The van der Waals surface area contributed by atoms with Gasteiger partial charge in [-0.1, -0.05) is 59.8 Å². The Morgan fingerprint density at radius 1 is 0.800 bits per heavy atom. The molecule has 0 atom stereocenters. The summed E-state index contributed by atoms with van der Waals surface area (Å²) in [7, 11) is 0. The van der Waals surface area contributed by atoms with Crippen LogP contribution in [0.4, 0.5) is 0 Å². The van der Waals surface area contributed by atoms with Crippen molar-refractivity contribution in [2.75, 3.05) is 0 Å². The largest absolute Gasteiger partial charge is 0.478 e. The molecule has 5 aromatic rings. The smallest absolute Gasteiger partial charge is 0.336 e. The highest BCUT2D eigenvalue weighted by molar-refractivity contribution is 7.99.